The number of hydrogen-bond donors (Lipinski definition) is 3. The molecule has 120 valence electrons. The molecule has 3 N–H and O–H groups in total. The Morgan fingerprint density at radius 2 is 1.91 bits per heavy atom. The Morgan fingerprint density at radius 1 is 1.17 bits per heavy atom. The fourth-order valence-electron chi connectivity index (χ4n) is 2.78. The van der Waals surface area contributed by atoms with Gasteiger partial charge >= 0.3 is 0 Å². The van der Waals surface area contributed by atoms with E-state index in [2.05, 4.69) is 10.6 Å². The number of hydrogen-bond acceptors (Lipinski definition) is 6. The lowest BCUT2D eigenvalue weighted by Gasteiger charge is -2.27. The fourth-order valence-corrected chi connectivity index (χ4v) is 2.78. The van der Waals surface area contributed by atoms with Gasteiger partial charge in [-0.15, -0.1) is 0 Å². The van der Waals surface area contributed by atoms with Crippen LogP contribution in [-0.4, -0.2) is 52.8 Å². The summed E-state index contributed by atoms with van der Waals surface area (Å²) in [6.07, 6.45) is 0.221. The molecule has 8 heteroatoms. The summed E-state index contributed by atoms with van der Waals surface area (Å²) in [5.41, 5.74) is 1.04. The van der Waals surface area contributed by atoms with Gasteiger partial charge in [0, 0.05) is 18.7 Å². The Kier molecular flexibility index (Phi) is 3.83. The maximum absolute atomic E-state index is 12.5. The lowest BCUT2D eigenvalue weighted by molar-refractivity contribution is -0.136. The molecule has 23 heavy (non-hydrogen) atoms. The molecule has 1 unspecified atom stereocenters. The van der Waals surface area contributed by atoms with E-state index in [1.54, 1.807) is 6.07 Å². The minimum absolute atomic E-state index is 0.0631. The molecule has 2 aliphatic heterocycles. The third-order valence-electron chi connectivity index (χ3n) is 3.88. The molecule has 0 aromatic heterocycles. The SMILES string of the molecule is O=C1CCC(N2C(=O)c3ccc(NCCO)cc3C2=O)C(=O)N1. The van der Waals surface area contributed by atoms with Crippen molar-refractivity contribution in [3.8, 4) is 0 Å². The van der Waals surface area contributed by atoms with Crippen molar-refractivity contribution in [1.29, 1.82) is 0 Å². The maximum Gasteiger partial charge on any atom is 0.262 e. The standard InChI is InChI=1S/C15H15N3O5/c19-6-5-16-8-1-2-9-10(7-8)15(23)18(14(9)22)11-3-4-12(20)17-13(11)21/h1-2,7,11,16,19H,3-6H2,(H,17,20,21). The van der Waals surface area contributed by atoms with E-state index in [-0.39, 0.29) is 30.6 Å². The van der Waals surface area contributed by atoms with Crippen molar-refractivity contribution in [1.82, 2.24) is 10.2 Å². The number of amides is 4. The van der Waals surface area contributed by atoms with E-state index >= 15 is 0 Å². The Bertz CT molecular complexity index is 715. The van der Waals surface area contributed by atoms with Crippen LogP contribution in [0.5, 0.6) is 0 Å². The van der Waals surface area contributed by atoms with Crippen molar-refractivity contribution in [2.45, 2.75) is 18.9 Å². The van der Waals surface area contributed by atoms with Gasteiger partial charge in [0.2, 0.25) is 11.8 Å². The molecule has 2 heterocycles. The van der Waals surface area contributed by atoms with E-state index in [9.17, 15) is 19.2 Å². The molecule has 1 aromatic carbocycles. The topological polar surface area (TPSA) is 116 Å². The number of fused-ring (bicyclic) bond motifs is 1. The van der Waals surface area contributed by atoms with Gasteiger partial charge in [-0.1, -0.05) is 0 Å². The highest BCUT2D eigenvalue weighted by Gasteiger charge is 2.44. The number of nitrogens with one attached hydrogen (secondary N) is 2. The van der Waals surface area contributed by atoms with Gasteiger partial charge in [0.15, 0.2) is 0 Å². The fraction of sp³-hybridized carbons (Fsp3) is 0.333. The summed E-state index contributed by atoms with van der Waals surface area (Å²) in [5.74, 6) is -2.12. The third kappa shape index (κ3) is 2.57. The number of nitrogens with zero attached hydrogens (tertiary/aromatic N) is 1. The second-order valence-corrected chi connectivity index (χ2v) is 5.36. The van der Waals surface area contributed by atoms with E-state index in [1.165, 1.54) is 12.1 Å². The predicted molar refractivity (Wildman–Crippen MR) is 78.7 cm³/mol. The molecular formula is C15H15N3O5. The molecule has 1 aromatic rings. The van der Waals surface area contributed by atoms with Crippen LogP contribution in [0.25, 0.3) is 0 Å². The predicted octanol–water partition coefficient (Wildman–Crippen LogP) is -0.508. The molecule has 3 rings (SSSR count). The van der Waals surface area contributed by atoms with Crippen LogP contribution in [0.4, 0.5) is 5.69 Å². The van der Waals surface area contributed by atoms with Crippen molar-refractivity contribution in [2.24, 2.45) is 0 Å². The van der Waals surface area contributed by atoms with Crippen molar-refractivity contribution in [3.05, 3.63) is 29.3 Å². The molecular weight excluding hydrogens is 302 g/mol. The summed E-state index contributed by atoms with van der Waals surface area (Å²) in [6.45, 7) is 0.254. The first-order valence-electron chi connectivity index (χ1n) is 7.23. The first kappa shape index (κ1) is 15.2. The number of carbonyl (C=O) groups excluding carboxylic acids is 4. The first-order valence-corrected chi connectivity index (χ1v) is 7.23. The quantitative estimate of drug-likeness (QED) is 0.644. The average Bonchev–Trinajstić information content (AvgIpc) is 2.77. The summed E-state index contributed by atoms with van der Waals surface area (Å²) in [7, 11) is 0. The van der Waals surface area contributed by atoms with E-state index < -0.39 is 29.7 Å². The van der Waals surface area contributed by atoms with Crippen LogP contribution in [-0.2, 0) is 9.59 Å². The zero-order valence-electron chi connectivity index (χ0n) is 12.2. The van der Waals surface area contributed by atoms with Crippen molar-refractivity contribution >= 4 is 29.3 Å². The number of carbonyl (C=O) groups is 4. The molecule has 0 radical (unpaired) electrons. The highest BCUT2D eigenvalue weighted by atomic mass is 16.3. The smallest absolute Gasteiger partial charge is 0.262 e. The van der Waals surface area contributed by atoms with Crippen LogP contribution in [0.1, 0.15) is 33.6 Å². The van der Waals surface area contributed by atoms with E-state index in [0.717, 1.165) is 4.90 Å². The largest absolute Gasteiger partial charge is 0.395 e. The second-order valence-electron chi connectivity index (χ2n) is 5.36. The molecule has 1 atom stereocenters. The van der Waals surface area contributed by atoms with Crippen LogP contribution in [0.15, 0.2) is 18.2 Å². The van der Waals surface area contributed by atoms with Gasteiger partial charge in [0.1, 0.15) is 6.04 Å². The Labute approximate surface area is 131 Å². The molecule has 4 amide bonds. The Balaban J connectivity index is 1.88. The Hall–Kier alpha value is -2.74. The molecule has 0 saturated carbocycles. The van der Waals surface area contributed by atoms with Crippen LogP contribution in [0.2, 0.25) is 0 Å². The lowest BCUT2D eigenvalue weighted by Crippen LogP contribution is -2.54. The average molecular weight is 317 g/mol. The van der Waals surface area contributed by atoms with Gasteiger partial charge in [-0.3, -0.25) is 29.4 Å². The lowest BCUT2D eigenvalue weighted by atomic mass is 10.0. The molecule has 2 aliphatic rings. The molecule has 0 bridgehead atoms. The van der Waals surface area contributed by atoms with Gasteiger partial charge in [-0.25, -0.2) is 0 Å². The van der Waals surface area contributed by atoms with Gasteiger partial charge in [0.05, 0.1) is 17.7 Å². The summed E-state index contributed by atoms with van der Waals surface area (Å²) in [4.78, 5) is 49.0. The summed E-state index contributed by atoms with van der Waals surface area (Å²) in [6, 6.07) is 3.71. The highest BCUT2D eigenvalue weighted by Crippen LogP contribution is 2.29. The Morgan fingerprint density at radius 3 is 2.61 bits per heavy atom. The number of anilines is 1. The van der Waals surface area contributed by atoms with Gasteiger partial charge in [0.25, 0.3) is 11.8 Å². The molecule has 1 fully saturated rings. The zero-order valence-corrected chi connectivity index (χ0v) is 12.2. The summed E-state index contributed by atoms with van der Waals surface area (Å²) < 4.78 is 0. The second kappa shape index (κ2) is 5.81. The molecule has 0 aliphatic carbocycles. The molecule has 1 saturated heterocycles. The van der Waals surface area contributed by atoms with Crippen LogP contribution >= 0.6 is 0 Å². The molecule has 8 nitrogen and oxygen atoms in total. The number of imide groups is 2. The number of aliphatic hydroxyl groups is 1. The molecule has 0 spiro atoms. The highest BCUT2D eigenvalue weighted by molar-refractivity contribution is 6.23. The first-order chi connectivity index (χ1) is 11.0. The normalized spacial score (nSPS) is 20.6. The van der Waals surface area contributed by atoms with Crippen molar-refractivity contribution in [3.63, 3.8) is 0 Å². The minimum atomic E-state index is -0.964. The monoisotopic (exact) mass is 317 g/mol. The van der Waals surface area contributed by atoms with E-state index in [1.807, 2.05) is 0 Å². The van der Waals surface area contributed by atoms with Crippen LogP contribution in [0.3, 0.4) is 0 Å². The number of benzene rings is 1. The van der Waals surface area contributed by atoms with E-state index in [0.29, 0.717) is 12.2 Å². The van der Waals surface area contributed by atoms with Crippen LogP contribution in [0, 0.1) is 0 Å². The van der Waals surface area contributed by atoms with Crippen molar-refractivity contribution < 1.29 is 24.3 Å². The number of rotatable bonds is 4. The maximum atomic E-state index is 12.5. The van der Waals surface area contributed by atoms with Crippen LogP contribution < -0.4 is 10.6 Å². The van der Waals surface area contributed by atoms with Gasteiger partial charge in [-0.05, 0) is 24.6 Å². The van der Waals surface area contributed by atoms with E-state index in [4.69, 9.17) is 5.11 Å². The number of aliphatic hydroxyl groups excluding tert-OH is 1. The van der Waals surface area contributed by atoms with Gasteiger partial charge in [-0.2, -0.15) is 0 Å². The minimum Gasteiger partial charge on any atom is -0.395 e. The third-order valence-corrected chi connectivity index (χ3v) is 3.88. The van der Waals surface area contributed by atoms with Gasteiger partial charge < -0.3 is 10.4 Å². The summed E-state index contributed by atoms with van der Waals surface area (Å²) >= 11 is 0. The number of piperidine rings is 1. The summed E-state index contributed by atoms with van der Waals surface area (Å²) in [5, 5.41) is 13.9. The van der Waals surface area contributed by atoms with Crippen molar-refractivity contribution in [2.75, 3.05) is 18.5 Å². The zero-order chi connectivity index (χ0) is 16.6.